The number of sulfonamides is 1. The van der Waals surface area contributed by atoms with Crippen molar-refractivity contribution >= 4 is 21.1 Å². The second kappa shape index (κ2) is 6.63. The summed E-state index contributed by atoms with van der Waals surface area (Å²) >= 11 is 0. The Bertz CT molecular complexity index is 1050. The smallest absolute Gasteiger partial charge is 0.241 e. The van der Waals surface area contributed by atoms with Gasteiger partial charge in [-0.3, -0.25) is 4.98 Å². The molecule has 0 bridgehead atoms. The van der Waals surface area contributed by atoms with Crippen LogP contribution in [0.25, 0.3) is 11.0 Å². The van der Waals surface area contributed by atoms with E-state index >= 15 is 0 Å². The largest absolute Gasteiger partial charge is 0.327 e. The highest BCUT2D eigenvalue weighted by atomic mass is 32.2. The fourth-order valence-electron chi connectivity index (χ4n) is 2.73. The van der Waals surface area contributed by atoms with Crippen molar-refractivity contribution in [3.8, 4) is 6.07 Å². The SMILES string of the molecule is CCn1c([C@@H](C)NS(=O)(=O)c2ccc(C#N)cc2)nc2cnccc21. The molecule has 0 aliphatic carbocycles. The quantitative estimate of drug-likeness (QED) is 0.757. The van der Waals surface area contributed by atoms with E-state index < -0.39 is 16.1 Å². The van der Waals surface area contributed by atoms with Crippen LogP contribution in [-0.4, -0.2) is 23.0 Å². The maximum Gasteiger partial charge on any atom is 0.241 e. The molecule has 8 heteroatoms. The first-order chi connectivity index (χ1) is 12.0. The number of pyridine rings is 1. The Hall–Kier alpha value is -2.76. The van der Waals surface area contributed by atoms with Crippen molar-refractivity contribution in [1.82, 2.24) is 19.3 Å². The van der Waals surface area contributed by atoms with Crippen molar-refractivity contribution in [2.45, 2.75) is 31.3 Å². The van der Waals surface area contributed by atoms with Crippen LogP contribution < -0.4 is 4.72 Å². The molecule has 1 aromatic carbocycles. The maximum absolute atomic E-state index is 12.6. The fourth-order valence-corrected chi connectivity index (χ4v) is 3.93. The van der Waals surface area contributed by atoms with Crippen LogP contribution in [0.15, 0.2) is 47.6 Å². The van der Waals surface area contributed by atoms with Gasteiger partial charge in [-0.1, -0.05) is 0 Å². The van der Waals surface area contributed by atoms with Gasteiger partial charge in [-0.25, -0.2) is 18.1 Å². The molecule has 3 rings (SSSR count). The number of aromatic nitrogens is 3. The number of fused-ring (bicyclic) bond motifs is 1. The van der Waals surface area contributed by atoms with E-state index in [0.717, 1.165) is 11.0 Å². The van der Waals surface area contributed by atoms with Crippen LogP contribution in [0.1, 0.15) is 31.3 Å². The number of nitrogens with zero attached hydrogens (tertiary/aromatic N) is 4. The molecule has 0 aliphatic heterocycles. The Morgan fingerprint density at radius 1 is 1.28 bits per heavy atom. The first-order valence-electron chi connectivity index (χ1n) is 7.79. The number of imidazole rings is 1. The molecular weight excluding hydrogens is 338 g/mol. The van der Waals surface area contributed by atoms with E-state index in [-0.39, 0.29) is 4.90 Å². The van der Waals surface area contributed by atoms with Gasteiger partial charge >= 0.3 is 0 Å². The van der Waals surface area contributed by atoms with Crippen LogP contribution in [-0.2, 0) is 16.6 Å². The predicted molar refractivity (Wildman–Crippen MR) is 93.1 cm³/mol. The molecule has 0 fully saturated rings. The lowest BCUT2D eigenvalue weighted by Crippen LogP contribution is -2.28. The normalized spacial score (nSPS) is 12.8. The lowest BCUT2D eigenvalue weighted by Gasteiger charge is -2.15. The molecule has 0 spiro atoms. The third-order valence-corrected chi connectivity index (χ3v) is 5.47. The summed E-state index contributed by atoms with van der Waals surface area (Å²) in [4.78, 5) is 8.69. The van der Waals surface area contributed by atoms with Crippen molar-refractivity contribution in [1.29, 1.82) is 5.26 Å². The summed E-state index contributed by atoms with van der Waals surface area (Å²) in [5.74, 6) is 0.628. The molecule has 0 saturated carbocycles. The zero-order valence-electron chi connectivity index (χ0n) is 13.8. The molecule has 0 amide bonds. The van der Waals surface area contributed by atoms with E-state index in [1.807, 2.05) is 23.6 Å². The van der Waals surface area contributed by atoms with Crippen LogP contribution in [0.5, 0.6) is 0 Å². The molecule has 1 N–H and O–H groups in total. The molecule has 2 aromatic heterocycles. The molecule has 7 nitrogen and oxygen atoms in total. The van der Waals surface area contributed by atoms with Crippen molar-refractivity contribution in [3.63, 3.8) is 0 Å². The van der Waals surface area contributed by atoms with Gasteiger partial charge < -0.3 is 4.57 Å². The zero-order chi connectivity index (χ0) is 18.0. The van der Waals surface area contributed by atoms with E-state index in [0.29, 0.717) is 17.9 Å². The lowest BCUT2D eigenvalue weighted by molar-refractivity contribution is 0.549. The Balaban J connectivity index is 1.93. The number of aryl methyl sites for hydroxylation is 1. The summed E-state index contributed by atoms with van der Waals surface area (Å²) in [7, 11) is -3.72. The lowest BCUT2D eigenvalue weighted by atomic mass is 10.2. The molecule has 0 radical (unpaired) electrons. The molecule has 3 aromatic rings. The van der Waals surface area contributed by atoms with Crippen LogP contribution in [0.3, 0.4) is 0 Å². The number of nitrogens with one attached hydrogen (secondary N) is 1. The number of rotatable bonds is 5. The molecule has 0 aliphatic rings. The Morgan fingerprint density at radius 2 is 2.00 bits per heavy atom. The molecule has 0 saturated heterocycles. The number of hydrogen-bond acceptors (Lipinski definition) is 5. The van der Waals surface area contributed by atoms with Crippen molar-refractivity contribution in [2.24, 2.45) is 0 Å². The third kappa shape index (κ3) is 3.24. The minimum atomic E-state index is -3.72. The average molecular weight is 355 g/mol. The van der Waals surface area contributed by atoms with Crippen molar-refractivity contribution in [2.75, 3.05) is 0 Å². The first-order valence-corrected chi connectivity index (χ1v) is 9.27. The van der Waals surface area contributed by atoms with E-state index in [1.165, 1.54) is 24.3 Å². The van der Waals surface area contributed by atoms with Gasteiger partial charge in [0.1, 0.15) is 11.3 Å². The highest BCUT2D eigenvalue weighted by Crippen LogP contribution is 2.22. The second-order valence-corrected chi connectivity index (χ2v) is 7.27. The third-order valence-electron chi connectivity index (χ3n) is 3.91. The van der Waals surface area contributed by atoms with Gasteiger partial charge in [0.15, 0.2) is 0 Å². The van der Waals surface area contributed by atoms with Gasteiger partial charge in [0.2, 0.25) is 10.0 Å². The topological polar surface area (TPSA) is 101 Å². The van der Waals surface area contributed by atoms with Gasteiger partial charge in [-0.2, -0.15) is 5.26 Å². The zero-order valence-corrected chi connectivity index (χ0v) is 14.7. The Labute approximate surface area is 146 Å². The molecule has 1 atom stereocenters. The monoisotopic (exact) mass is 355 g/mol. The minimum absolute atomic E-state index is 0.110. The van der Waals surface area contributed by atoms with E-state index in [9.17, 15) is 8.42 Å². The van der Waals surface area contributed by atoms with Crippen LogP contribution in [0.2, 0.25) is 0 Å². The molecule has 2 heterocycles. The Kier molecular flexibility index (Phi) is 4.53. The minimum Gasteiger partial charge on any atom is -0.327 e. The fraction of sp³-hybridized carbons (Fsp3) is 0.235. The highest BCUT2D eigenvalue weighted by Gasteiger charge is 2.22. The molecule has 0 unspecified atom stereocenters. The van der Waals surface area contributed by atoms with Gasteiger partial charge in [0.05, 0.1) is 34.3 Å². The summed E-state index contributed by atoms with van der Waals surface area (Å²) in [6.45, 7) is 4.40. The van der Waals surface area contributed by atoms with E-state index in [4.69, 9.17) is 5.26 Å². The predicted octanol–water partition coefficient (Wildman–Crippen LogP) is 2.36. The van der Waals surface area contributed by atoms with Gasteiger partial charge in [0.25, 0.3) is 0 Å². The maximum atomic E-state index is 12.6. The number of nitriles is 1. The summed E-state index contributed by atoms with van der Waals surface area (Å²) in [5.41, 5.74) is 2.05. The summed E-state index contributed by atoms with van der Waals surface area (Å²) < 4.78 is 29.8. The Morgan fingerprint density at radius 3 is 2.64 bits per heavy atom. The second-order valence-electron chi connectivity index (χ2n) is 5.56. The highest BCUT2D eigenvalue weighted by molar-refractivity contribution is 7.89. The van der Waals surface area contributed by atoms with Gasteiger partial charge in [0, 0.05) is 12.7 Å². The van der Waals surface area contributed by atoms with Crippen LogP contribution in [0, 0.1) is 11.3 Å². The van der Waals surface area contributed by atoms with Crippen molar-refractivity contribution < 1.29 is 8.42 Å². The van der Waals surface area contributed by atoms with Gasteiger partial charge in [-0.15, -0.1) is 0 Å². The van der Waals surface area contributed by atoms with Crippen LogP contribution in [0.4, 0.5) is 0 Å². The summed E-state index contributed by atoms with van der Waals surface area (Å²) in [6, 6.07) is 9.10. The number of hydrogen-bond donors (Lipinski definition) is 1. The van der Waals surface area contributed by atoms with Gasteiger partial charge in [-0.05, 0) is 44.2 Å². The molecular formula is C17H17N5O2S. The van der Waals surface area contributed by atoms with Crippen LogP contribution >= 0.6 is 0 Å². The molecule has 25 heavy (non-hydrogen) atoms. The standard InChI is InChI=1S/C17H17N5O2S/c1-3-22-16-8-9-19-11-15(16)20-17(22)12(2)21-25(23,24)14-6-4-13(10-18)5-7-14/h4-9,11-12,21H,3H2,1-2H3/t12-/m1/s1. The van der Waals surface area contributed by atoms with E-state index in [2.05, 4.69) is 14.7 Å². The average Bonchev–Trinajstić information content (AvgIpc) is 3.00. The summed E-state index contributed by atoms with van der Waals surface area (Å²) in [6.07, 6.45) is 3.35. The van der Waals surface area contributed by atoms with E-state index in [1.54, 1.807) is 19.3 Å². The number of benzene rings is 1. The van der Waals surface area contributed by atoms with Crippen molar-refractivity contribution in [3.05, 3.63) is 54.1 Å². The molecule has 128 valence electrons. The first kappa shape index (κ1) is 17.1. The summed E-state index contributed by atoms with van der Waals surface area (Å²) in [5, 5.41) is 8.82.